The number of hydrogen-bond acceptors (Lipinski definition) is 4. The van der Waals surface area contributed by atoms with Crippen LogP contribution in [-0.4, -0.2) is 27.0 Å². The van der Waals surface area contributed by atoms with Gasteiger partial charge < -0.3 is 5.32 Å². The fourth-order valence-corrected chi connectivity index (χ4v) is 3.53. The third-order valence-corrected chi connectivity index (χ3v) is 6.78. The molecule has 0 unspecified atom stereocenters. The summed E-state index contributed by atoms with van der Waals surface area (Å²) in [5, 5.41) is 2.58. The second-order valence-electron chi connectivity index (χ2n) is 9.76. The first kappa shape index (κ1) is 27.4. The molecule has 192 valence electrons. The zero-order valence-corrected chi connectivity index (χ0v) is 21.4. The lowest BCUT2D eigenvalue weighted by atomic mass is 9.81. The minimum absolute atomic E-state index is 0.0806. The summed E-state index contributed by atoms with van der Waals surface area (Å²) in [6, 6.07) is 12.3. The Hall–Kier alpha value is -3.20. The van der Waals surface area contributed by atoms with Gasteiger partial charge in [-0.3, -0.25) is 9.78 Å². The molecule has 0 atom stereocenters. The number of aromatic amines is 1. The number of nitrogens with zero attached hydrogens (tertiary/aromatic N) is 2. The summed E-state index contributed by atoms with van der Waals surface area (Å²) in [5.41, 5.74) is -0.686. The predicted molar refractivity (Wildman–Crippen MR) is 134 cm³/mol. The molecule has 0 aliphatic carbocycles. The number of halogens is 4. The summed E-state index contributed by atoms with van der Waals surface area (Å²) >= 11 is 6.36. The van der Waals surface area contributed by atoms with Gasteiger partial charge in [-0.2, -0.15) is 18.2 Å². The Bertz CT molecular complexity index is 1330. The van der Waals surface area contributed by atoms with Crippen LogP contribution in [0, 0.1) is 5.41 Å². The van der Waals surface area contributed by atoms with Gasteiger partial charge in [0, 0.05) is 17.7 Å². The Balaban J connectivity index is 1.94. The molecule has 1 amide bonds. The highest BCUT2D eigenvalue weighted by atomic mass is 35.5. The lowest BCUT2D eigenvalue weighted by Gasteiger charge is -2.26. The first-order valence-electron chi connectivity index (χ1n) is 11.4. The number of carbonyl (C=O) groups excluding carboxylic acids is 1. The molecule has 0 aliphatic heterocycles. The van der Waals surface area contributed by atoms with Gasteiger partial charge in [0.1, 0.15) is 11.2 Å². The molecule has 0 saturated heterocycles. The minimum Gasteiger partial charge on any atom is -0.351 e. The monoisotopic (exact) mass is 520 g/mol. The highest BCUT2D eigenvalue weighted by Gasteiger charge is 2.52. The van der Waals surface area contributed by atoms with E-state index in [1.54, 1.807) is 12.1 Å². The third-order valence-electron chi connectivity index (χ3n) is 6.45. The van der Waals surface area contributed by atoms with Gasteiger partial charge in [0.05, 0.1) is 5.02 Å². The van der Waals surface area contributed by atoms with Gasteiger partial charge in [0.15, 0.2) is 5.82 Å². The van der Waals surface area contributed by atoms with Crippen LogP contribution >= 0.6 is 11.6 Å². The van der Waals surface area contributed by atoms with Gasteiger partial charge in [-0.15, -0.1) is 0 Å². The summed E-state index contributed by atoms with van der Waals surface area (Å²) in [5.74, 6) is -0.790. The molecule has 3 aromatic rings. The van der Waals surface area contributed by atoms with Crippen molar-refractivity contribution in [2.45, 2.75) is 59.2 Å². The molecule has 36 heavy (non-hydrogen) atoms. The standard InChI is InChI=1S/C26H28ClF3N4O2/c1-6-24(2,3)17-9-7-8-16(13-17)20-32-21(34-23(36)33-20)18-12-15(10-11-19(18)27)14-31-22(35)25(4,5)26(28,29)30/h7-13H,6,14H2,1-5H3,(H,31,35)(H,32,33,34,36). The van der Waals surface area contributed by atoms with Crippen molar-refractivity contribution in [1.29, 1.82) is 0 Å². The SMILES string of the molecule is CCC(C)(C)c1cccc(-c2nc(-c3cc(CNC(=O)C(C)(C)C(F)(F)F)ccc3Cl)[nH]c(=O)n2)c1. The highest BCUT2D eigenvalue weighted by Crippen LogP contribution is 2.37. The summed E-state index contributed by atoms with van der Waals surface area (Å²) in [6.45, 7) is 7.81. The lowest BCUT2D eigenvalue weighted by Crippen LogP contribution is -2.46. The quantitative estimate of drug-likeness (QED) is 0.397. The van der Waals surface area contributed by atoms with Crippen molar-refractivity contribution < 1.29 is 18.0 Å². The number of benzene rings is 2. The van der Waals surface area contributed by atoms with Gasteiger partial charge in [0.25, 0.3) is 0 Å². The zero-order valence-electron chi connectivity index (χ0n) is 20.7. The second-order valence-corrected chi connectivity index (χ2v) is 10.2. The van der Waals surface area contributed by atoms with Crippen molar-refractivity contribution in [3.63, 3.8) is 0 Å². The van der Waals surface area contributed by atoms with E-state index in [2.05, 4.69) is 41.0 Å². The molecule has 6 nitrogen and oxygen atoms in total. The molecule has 1 aromatic heterocycles. The summed E-state index contributed by atoms with van der Waals surface area (Å²) in [7, 11) is 0. The van der Waals surface area contributed by atoms with Crippen molar-refractivity contribution in [1.82, 2.24) is 20.3 Å². The van der Waals surface area contributed by atoms with Gasteiger partial charge in [-0.05, 0) is 55.0 Å². The van der Waals surface area contributed by atoms with Crippen molar-refractivity contribution in [3.8, 4) is 22.8 Å². The Labute approximate surface area is 212 Å². The van der Waals surface area contributed by atoms with Crippen molar-refractivity contribution in [2.75, 3.05) is 0 Å². The topological polar surface area (TPSA) is 87.7 Å². The summed E-state index contributed by atoms with van der Waals surface area (Å²) in [6.07, 6.45) is -3.78. The Morgan fingerprint density at radius 3 is 2.39 bits per heavy atom. The van der Waals surface area contributed by atoms with E-state index >= 15 is 0 Å². The summed E-state index contributed by atoms with van der Waals surface area (Å²) < 4.78 is 39.4. The number of rotatable bonds is 7. The third kappa shape index (κ3) is 5.78. The molecule has 0 bridgehead atoms. The maximum absolute atomic E-state index is 13.1. The van der Waals surface area contributed by atoms with E-state index in [1.165, 1.54) is 6.07 Å². The predicted octanol–water partition coefficient (Wildman–Crippen LogP) is 6.04. The fourth-order valence-electron chi connectivity index (χ4n) is 3.32. The Morgan fingerprint density at radius 2 is 1.75 bits per heavy atom. The molecule has 0 spiro atoms. The van der Waals surface area contributed by atoms with E-state index in [1.807, 2.05) is 24.3 Å². The first-order valence-corrected chi connectivity index (χ1v) is 11.8. The average Bonchev–Trinajstić information content (AvgIpc) is 2.82. The number of carbonyl (C=O) groups is 1. The van der Waals surface area contributed by atoms with Crippen molar-refractivity contribution >= 4 is 17.5 Å². The number of amides is 1. The molecule has 2 aromatic carbocycles. The van der Waals surface area contributed by atoms with Gasteiger partial charge in [-0.25, -0.2) is 9.78 Å². The highest BCUT2D eigenvalue weighted by molar-refractivity contribution is 6.33. The van der Waals surface area contributed by atoms with E-state index in [0.717, 1.165) is 25.8 Å². The number of hydrogen-bond donors (Lipinski definition) is 2. The van der Waals surface area contributed by atoms with E-state index in [4.69, 9.17) is 11.6 Å². The number of nitrogens with one attached hydrogen (secondary N) is 2. The number of H-pyrrole nitrogens is 1. The van der Waals surface area contributed by atoms with Crippen LogP contribution in [0.15, 0.2) is 47.3 Å². The molecule has 0 radical (unpaired) electrons. The van der Waals surface area contributed by atoms with Crippen LogP contribution < -0.4 is 11.0 Å². The van der Waals surface area contributed by atoms with Crippen LogP contribution in [0.5, 0.6) is 0 Å². The minimum atomic E-state index is -4.69. The molecule has 10 heteroatoms. The van der Waals surface area contributed by atoms with Gasteiger partial charge >= 0.3 is 11.9 Å². The Morgan fingerprint density at radius 1 is 1.06 bits per heavy atom. The molecule has 1 heterocycles. The fraction of sp³-hybridized carbons (Fsp3) is 0.385. The van der Waals surface area contributed by atoms with E-state index in [-0.39, 0.29) is 28.6 Å². The first-order chi connectivity index (χ1) is 16.7. The van der Waals surface area contributed by atoms with E-state index in [0.29, 0.717) is 16.7 Å². The van der Waals surface area contributed by atoms with Crippen LogP contribution in [0.2, 0.25) is 5.02 Å². The molecule has 0 saturated carbocycles. The average molecular weight is 521 g/mol. The van der Waals surface area contributed by atoms with E-state index in [9.17, 15) is 22.8 Å². The molecule has 3 rings (SSSR count). The van der Waals surface area contributed by atoms with Gasteiger partial charge in [-0.1, -0.05) is 56.6 Å². The largest absolute Gasteiger partial charge is 0.402 e. The molecular formula is C26H28ClF3N4O2. The smallest absolute Gasteiger partial charge is 0.351 e. The zero-order chi connectivity index (χ0) is 26.9. The van der Waals surface area contributed by atoms with Crippen molar-refractivity contribution in [3.05, 3.63) is 69.1 Å². The molecule has 0 aliphatic rings. The Kier molecular flexibility index (Phi) is 7.64. The van der Waals surface area contributed by atoms with Crippen LogP contribution in [0.25, 0.3) is 22.8 Å². The lowest BCUT2D eigenvalue weighted by molar-refractivity contribution is -0.211. The van der Waals surface area contributed by atoms with E-state index < -0.39 is 23.2 Å². The molecular weight excluding hydrogens is 493 g/mol. The van der Waals surface area contributed by atoms with Crippen molar-refractivity contribution in [2.24, 2.45) is 5.41 Å². The summed E-state index contributed by atoms with van der Waals surface area (Å²) in [4.78, 5) is 35.6. The maximum Gasteiger partial charge on any atom is 0.402 e. The van der Waals surface area contributed by atoms with Crippen LogP contribution in [0.4, 0.5) is 13.2 Å². The number of aromatic nitrogens is 3. The molecule has 0 fully saturated rings. The van der Waals surface area contributed by atoms with Crippen LogP contribution in [-0.2, 0) is 16.8 Å². The number of alkyl halides is 3. The molecule has 2 N–H and O–H groups in total. The normalized spacial score (nSPS) is 12.5. The van der Waals surface area contributed by atoms with Crippen LogP contribution in [0.3, 0.4) is 0 Å². The van der Waals surface area contributed by atoms with Crippen LogP contribution in [0.1, 0.15) is 52.2 Å². The second kappa shape index (κ2) is 10.0. The maximum atomic E-state index is 13.1. The van der Waals surface area contributed by atoms with Gasteiger partial charge in [0.2, 0.25) is 5.91 Å².